The van der Waals surface area contributed by atoms with Crippen LogP contribution in [0.25, 0.3) is 0 Å². The summed E-state index contributed by atoms with van der Waals surface area (Å²) in [7, 11) is 0. The highest BCUT2D eigenvalue weighted by atomic mass is 19.1. The molecule has 0 saturated carbocycles. The molecule has 1 atom stereocenters. The van der Waals surface area contributed by atoms with E-state index in [0.717, 1.165) is 29.1 Å². The molecule has 0 bridgehead atoms. The Bertz CT molecular complexity index is 1030. The van der Waals surface area contributed by atoms with Gasteiger partial charge in [-0.15, -0.1) is 0 Å². The third-order valence-electron chi connectivity index (χ3n) is 5.35. The van der Waals surface area contributed by atoms with Gasteiger partial charge in [-0.3, -0.25) is 9.48 Å². The molecule has 3 aromatic rings. The minimum atomic E-state index is -0.285. The van der Waals surface area contributed by atoms with Crippen LogP contribution in [0, 0.1) is 19.7 Å². The third kappa shape index (κ3) is 4.22. The van der Waals surface area contributed by atoms with Gasteiger partial charge >= 0.3 is 0 Å². The molecule has 0 aliphatic carbocycles. The maximum absolute atomic E-state index is 13.7. The number of hydrogen-bond acceptors (Lipinski definition) is 3. The van der Waals surface area contributed by atoms with Gasteiger partial charge in [-0.25, -0.2) is 4.39 Å². The van der Waals surface area contributed by atoms with Gasteiger partial charge in [-0.2, -0.15) is 5.10 Å². The van der Waals surface area contributed by atoms with Crippen LogP contribution < -0.4 is 5.32 Å². The lowest BCUT2D eigenvalue weighted by Crippen LogP contribution is -2.48. The van der Waals surface area contributed by atoms with Crippen LogP contribution in [-0.4, -0.2) is 40.2 Å². The van der Waals surface area contributed by atoms with Crippen molar-refractivity contribution in [2.24, 2.45) is 0 Å². The molecular weight excluding hydrogens is 367 g/mol. The van der Waals surface area contributed by atoms with Crippen molar-refractivity contribution < 1.29 is 9.18 Å². The van der Waals surface area contributed by atoms with E-state index in [1.54, 1.807) is 6.07 Å². The number of aromatic nitrogens is 2. The molecule has 150 valence electrons. The van der Waals surface area contributed by atoms with E-state index in [-0.39, 0.29) is 17.8 Å². The summed E-state index contributed by atoms with van der Waals surface area (Å²) in [5.41, 5.74) is 4.55. The summed E-state index contributed by atoms with van der Waals surface area (Å²) in [4.78, 5) is 15.2. The number of aryl methyl sites for hydroxylation is 2. The van der Waals surface area contributed by atoms with Crippen LogP contribution in [0.1, 0.15) is 38.9 Å². The second kappa shape index (κ2) is 8.17. The Balaban J connectivity index is 1.58. The first kappa shape index (κ1) is 19.3. The molecule has 1 aromatic heterocycles. The maximum Gasteiger partial charge on any atom is 0.254 e. The summed E-state index contributed by atoms with van der Waals surface area (Å²) in [6.45, 7) is 6.54. The maximum atomic E-state index is 13.7. The zero-order valence-electron chi connectivity index (χ0n) is 16.7. The van der Waals surface area contributed by atoms with Crippen molar-refractivity contribution in [2.45, 2.75) is 26.4 Å². The molecule has 1 aliphatic heterocycles. The Labute approximate surface area is 170 Å². The summed E-state index contributed by atoms with van der Waals surface area (Å²) in [6, 6.07) is 16.1. The van der Waals surface area contributed by atoms with E-state index in [0.29, 0.717) is 25.2 Å². The number of benzene rings is 2. The molecule has 1 aliphatic rings. The molecule has 1 N–H and O–H groups in total. The van der Waals surface area contributed by atoms with Gasteiger partial charge in [0, 0.05) is 30.9 Å². The SMILES string of the molecule is Cc1cc(C)n(Cc2cccc(C(=O)N3CCNCC3c3cccc(F)c3)c2)n1. The van der Waals surface area contributed by atoms with Gasteiger partial charge in [0.2, 0.25) is 0 Å². The van der Waals surface area contributed by atoms with Crippen molar-refractivity contribution in [3.05, 3.63) is 88.5 Å². The highest BCUT2D eigenvalue weighted by Crippen LogP contribution is 2.25. The third-order valence-corrected chi connectivity index (χ3v) is 5.35. The van der Waals surface area contributed by atoms with Crippen molar-refractivity contribution in [1.29, 1.82) is 0 Å². The molecule has 0 spiro atoms. The Morgan fingerprint density at radius 2 is 2.00 bits per heavy atom. The standard InChI is InChI=1S/C23H25FN4O/c1-16-11-17(2)28(26-16)15-18-5-3-7-20(12-18)23(29)27-10-9-25-14-22(27)19-6-4-8-21(24)13-19/h3-8,11-13,22,25H,9-10,14-15H2,1-2H3. The lowest BCUT2D eigenvalue weighted by molar-refractivity contribution is 0.0634. The van der Waals surface area contributed by atoms with Crippen LogP contribution in [0.5, 0.6) is 0 Å². The quantitative estimate of drug-likeness (QED) is 0.740. The number of halogens is 1. The first-order valence-corrected chi connectivity index (χ1v) is 9.88. The van der Waals surface area contributed by atoms with E-state index in [9.17, 15) is 9.18 Å². The Morgan fingerprint density at radius 1 is 1.17 bits per heavy atom. The topological polar surface area (TPSA) is 50.2 Å². The monoisotopic (exact) mass is 392 g/mol. The van der Waals surface area contributed by atoms with E-state index >= 15 is 0 Å². The fraction of sp³-hybridized carbons (Fsp3) is 0.304. The number of piperazine rings is 1. The van der Waals surface area contributed by atoms with Crippen molar-refractivity contribution in [1.82, 2.24) is 20.0 Å². The normalized spacial score (nSPS) is 16.8. The number of carbonyl (C=O) groups excluding carboxylic acids is 1. The molecule has 1 saturated heterocycles. The van der Waals surface area contributed by atoms with Crippen LogP contribution in [-0.2, 0) is 6.54 Å². The number of nitrogens with zero attached hydrogens (tertiary/aromatic N) is 3. The van der Waals surface area contributed by atoms with Crippen molar-refractivity contribution >= 4 is 5.91 Å². The summed E-state index contributed by atoms with van der Waals surface area (Å²) < 4.78 is 15.7. The highest BCUT2D eigenvalue weighted by Gasteiger charge is 2.29. The Hall–Kier alpha value is -2.99. The van der Waals surface area contributed by atoms with Crippen LogP contribution in [0.15, 0.2) is 54.6 Å². The first-order chi connectivity index (χ1) is 14.0. The smallest absolute Gasteiger partial charge is 0.254 e. The first-order valence-electron chi connectivity index (χ1n) is 9.88. The second-order valence-electron chi connectivity index (χ2n) is 7.56. The summed E-state index contributed by atoms with van der Waals surface area (Å²) in [5.74, 6) is -0.316. The molecule has 4 rings (SSSR count). The van der Waals surface area contributed by atoms with Gasteiger partial charge in [0.1, 0.15) is 5.82 Å². The van der Waals surface area contributed by atoms with Crippen molar-refractivity contribution in [3.8, 4) is 0 Å². The Kier molecular flexibility index (Phi) is 5.45. The summed E-state index contributed by atoms with van der Waals surface area (Å²) >= 11 is 0. The zero-order chi connectivity index (χ0) is 20.4. The highest BCUT2D eigenvalue weighted by molar-refractivity contribution is 5.94. The number of rotatable bonds is 4. The predicted octanol–water partition coefficient (Wildman–Crippen LogP) is 3.47. The molecule has 1 fully saturated rings. The van der Waals surface area contributed by atoms with Gasteiger partial charge in [0.25, 0.3) is 5.91 Å². The molecule has 29 heavy (non-hydrogen) atoms. The fourth-order valence-corrected chi connectivity index (χ4v) is 3.94. The summed E-state index contributed by atoms with van der Waals surface area (Å²) in [6.07, 6.45) is 0. The van der Waals surface area contributed by atoms with E-state index in [1.165, 1.54) is 12.1 Å². The van der Waals surface area contributed by atoms with Gasteiger partial charge in [0.05, 0.1) is 18.3 Å². The van der Waals surface area contributed by atoms with E-state index in [4.69, 9.17) is 0 Å². The minimum absolute atomic E-state index is 0.0315. The van der Waals surface area contributed by atoms with E-state index < -0.39 is 0 Å². The Morgan fingerprint density at radius 3 is 2.76 bits per heavy atom. The molecule has 1 amide bonds. The number of nitrogens with one attached hydrogen (secondary N) is 1. The largest absolute Gasteiger partial charge is 0.329 e. The van der Waals surface area contributed by atoms with E-state index in [1.807, 2.05) is 59.8 Å². The van der Waals surface area contributed by atoms with Gasteiger partial charge in [0.15, 0.2) is 0 Å². The average Bonchev–Trinajstić information content (AvgIpc) is 3.04. The van der Waals surface area contributed by atoms with Gasteiger partial charge in [-0.1, -0.05) is 24.3 Å². The molecule has 5 nitrogen and oxygen atoms in total. The van der Waals surface area contributed by atoms with Crippen molar-refractivity contribution in [2.75, 3.05) is 19.6 Å². The summed E-state index contributed by atoms with van der Waals surface area (Å²) in [5, 5.41) is 7.82. The van der Waals surface area contributed by atoms with Crippen LogP contribution >= 0.6 is 0 Å². The predicted molar refractivity (Wildman–Crippen MR) is 110 cm³/mol. The number of amides is 1. The van der Waals surface area contributed by atoms with Crippen LogP contribution in [0.4, 0.5) is 4.39 Å². The molecular formula is C23H25FN4O. The van der Waals surface area contributed by atoms with Gasteiger partial charge < -0.3 is 10.2 Å². The molecule has 2 heterocycles. The fourth-order valence-electron chi connectivity index (χ4n) is 3.94. The number of hydrogen-bond donors (Lipinski definition) is 1. The zero-order valence-corrected chi connectivity index (χ0v) is 16.7. The molecule has 2 aromatic carbocycles. The van der Waals surface area contributed by atoms with Gasteiger partial charge in [-0.05, 0) is 55.3 Å². The van der Waals surface area contributed by atoms with Crippen LogP contribution in [0.3, 0.4) is 0 Å². The average molecular weight is 392 g/mol. The molecule has 6 heteroatoms. The van der Waals surface area contributed by atoms with E-state index in [2.05, 4.69) is 10.4 Å². The lowest BCUT2D eigenvalue weighted by Gasteiger charge is -2.36. The van der Waals surface area contributed by atoms with Crippen LogP contribution in [0.2, 0.25) is 0 Å². The minimum Gasteiger partial charge on any atom is -0.329 e. The molecule has 0 radical (unpaired) electrons. The second-order valence-corrected chi connectivity index (χ2v) is 7.56. The lowest BCUT2D eigenvalue weighted by atomic mass is 10.0. The number of carbonyl (C=O) groups is 1. The van der Waals surface area contributed by atoms with Crippen molar-refractivity contribution in [3.63, 3.8) is 0 Å². The molecule has 1 unspecified atom stereocenters.